The molecule has 4 rings (SSSR count). The van der Waals surface area contributed by atoms with E-state index >= 15 is 0 Å². The molecule has 2 aromatic carbocycles. The summed E-state index contributed by atoms with van der Waals surface area (Å²) in [5.74, 6) is 0.0738. The van der Waals surface area contributed by atoms with Crippen LogP contribution in [0.3, 0.4) is 0 Å². The highest BCUT2D eigenvalue weighted by Gasteiger charge is 2.14. The number of anilines is 1. The van der Waals surface area contributed by atoms with Crippen molar-refractivity contribution in [3.63, 3.8) is 0 Å². The lowest BCUT2D eigenvalue weighted by Crippen LogP contribution is -2.25. The normalized spacial score (nSPS) is 10.7. The third-order valence-corrected chi connectivity index (χ3v) is 5.29. The van der Waals surface area contributed by atoms with Crippen LogP contribution in [0.15, 0.2) is 72.1 Å². The standard InChI is InChI=1S/C22H20N6O2S/c1-15-7-9-16(10-8-15)13-24-20(30)17-5-2-3-6-18(17)25-19(29)14-31-22-26-21-23-11-4-12-28(21)27-22/h2-12H,13-14H2,1H3,(H,24,30)(H,25,29). The predicted octanol–water partition coefficient (Wildman–Crippen LogP) is 3.09. The fraction of sp³-hybridized carbons (Fsp3) is 0.136. The fourth-order valence-corrected chi connectivity index (χ4v) is 3.49. The summed E-state index contributed by atoms with van der Waals surface area (Å²) < 4.78 is 1.55. The molecular weight excluding hydrogens is 412 g/mol. The summed E-state index contributed by atoms with van der Waals surface area (Å²) in [5.41, 5.74) is 3.03. The van der Waals surface area contributed by atoms with Crippen LogP contribution in [0.4, 0.5) is 5.69 Å². The number of amides is 2. The highest BCUT2D eigenvalue weighted by molar-refractivity contribution is 7.99. The van der Waals surface area contributed by atoms with Gasteiger partial charge in [0.15, 0.2) is 0 Å². The Balaban J connectivity index is 1.36. The monoisotopic (exact) mass is 432 g/mol. The number of aryl methyl sites for hydroxylation is 1. The molecule has 0 aliphatic rings. The van der Waals surface area contributed by atoms with Crippen molar-refractivity contribution in [1.29, 1.82) is 0 Å². The third kappa shape index (κ3) is 5.26. The van der Waals surface area contributed by atoms with Gasteiger partial charge in [0.1, 0.15) is 0 Å². The number of nitrogens with one attached hydrogen (secondary N) is 2. The Hall–Kier alpha value is -3.72. The number of aromatic nitrogens is 4. The molecule has 0 saturated heterocycles. The van der Waals surface area contributed by atoms with Gasteiger partial charge in [-0.3, -0.25) is 9.59 Å². The summed E-state index contributed by atoms with van der Waals surface area (Å²) >= 11 is 1.20. The second kappa shape index (κ2) is 9.40. The quantitative estimate of drug-likeness (QED) is 0.435. The lowest BCUT2D eigenvalue weighted by atomic mass is 10.1. The van der Waals surface area contributed by atoms with Gasteiger partial charge in [0.25, 0.3) is 11.7 Å². The van der Waals surface area contributed by atoms with Crippen LogP contribution >= 0.6 is 11.8 Å². The number of carbonyl (C=O) groups excluding carboxylic acids is 2. The van der Waals surface area contributed by atoms with Crippen molar-refractivity contribution in [3.05, 3.63) is 83.7 Å². The number of fused-ring (bicyclic) bond motifs is 1. The lowest BCUT2D eigenvalue weighted by molar-refractivity contribution is -0.113. The Morgan fingerprint density at radius 3 is 2.68 bits per heavy atom. The van der Waals surface area contributed by atoms with E-state index in [-0.39, 0.29) is 17.6 Å². The van der Waals surface area contributed by atoms with Gasteiger partial charge in [-0.05, 0) is 30.7 Å². The first-order valence-electron chi connectivity index (χ1n) is 9.61. The minimum atomic E-state index is -0.254. The molecule has 0 atom stereocenters. The zero-order chi connectivity index (χ0) is 21.6. The van der Waals surface area contributed by atoms with Crippen LogP contribution in [-0.2, 0) is 11.3 Å². The number of benzene rings is 2. The molecule has 0 saturated carbocycles. The van der Waals surface area contributed by atoms with Gasteiger partial charge in [0.05, 0.1) is 17.0 Å². The molecule has 2 N–H and O–H groups in total. The summed E-state index contributed by atoms with van der Waals surface area (Å²) in [6, 6.07) is 16.6. The zero-order valence-electron chi connectivity index (χ0n) is 16.8. The number of nitrogens with zero attached hydrogens (tertiary/aromatic N) is 4. The van der Waals surface area contributed by atoms with Crippen LogP contribution in [0.2, 0.25) is 0 Å². The smallest absolute Gasteiger partial charge is 0.253 e. The number of hydrogen-bond acceptors (Lipinski definition) is 6. The molecule has 31 heavy (non-hydrogen) atoms. The Kier molecular flexibility index (Phi) is 6.23. The topological polar surface area (TPSA) is 101 Å². The number of thioether (sulfide) groups is 1. The van der Waals surface area contributed by atoms with Crippen LogP contribution in [0.25, 0.3) is 5.78 Å². The fourth-order valence-electron chi connectivity index (χ4n) is 2.86. The summed E-state index contributed by atoms with van der Waals surface area (Å²) in [7, 11) is 0. The molecule has 156 valence electrons. The van der Waals surface area contributed by atoms with E-state index in [1.165, 1.54) is 11.8 Å². The molecule has 9 heteroatoms. The molecule has 0 unspecified atom stereocenters. The molecule has 0 aliphatic carbocycles. The number of hydrogen-bond donors (Lipinski definition) is 2. The Bertz CT molecular complexity index is 1190. The van der Waals surface area contributed by atoms with Crippen LogP contribution in [-0.4, -0.2) is 37.1 Å². The molecular formula is C22H20N6O2S. The summed E-state index contributed by atoms with van der Waals surface area (Å²) in [6.45, 7) is 2.42. The van der Waals surface area contributed by atoms with Crippen LogP contribution in [0.1, 0.15) is 21.5 Å². The first kappa shape index (κ1) is 20.5. The van der Waals surface area contributed by atoms with Gasteiger partial charge in [-0.25, -0.2) is 9.50 Å². The molecule has 4 aromatic rings. The number of para-hydroxylation sites is 1. The number of carbonyl (C=O) groups is 2. The molecule has 0 radical (unpaired) electrons. The summed E-state index contributed by atoms with van der Waals surface area (Å²) in [4.78, 5) is 33.5. The molecule has 8 nitrogen and oxygen atoms in total. The maximum Gasteiger partial charge on any atom is 0.253 e. The maximum atomic E-state index is 12.7. The van der Waals surface area contributed by atoms with E-state index in [2.05, 4.69) is 25.7 Å². The minimum absolute atomic E-state index is 0.107. The maximum absolute atomic E-state index is 12.7. The first-order valence-corrected chi connectivity index (χ1v) is 10.6. The Morgan fingerprint density at radius 1 is 1.06 bits per heavy atom. The lowest BCUT2D eigenvalue weighted by Gasteiger charge is -2.11. The van der Waals surface area contributed by atoms with Gasteiger partial charge in [-0.15, -0.1) is 5.10 Å². The number of rotatable bonds is 7. The average Bonchev–Trinajstić information content (AvgIpc) is 3.21. The molecule has 0 spiro atoms. The van der Waals surface area contributed by atoms with Crippen molar-refractivity contribution in [3.8, 4) is 0 Å². The van der Waals surface area contributed by atoms with E-state index in [1.54, 1.807) is 47.2 Å². The highest BCUT2D eigenvalue weighted by atomic mass is 32.2. The van der Waals surface area contributed by atoms with E-state index in [1.807, 2.05) is 31.2 Å². The third-order valence-electron chi connectivity index (χ3n) is 4.45. The first-order chi connectivity index (χ1) is 15.1. The van der Waals surface area contributed by atoms with Gasteiger partial charge in [0, 0.05) is 18.9 Å². The van der Waals surface area contributed by atoms with Gasteiger partial charge in [-0.1, -0.05) is 53.7 Å². The Labute approximate surface area is 183 Å². The SMILES string of the molecule is Cc1ccc(CNC(=O)c2ccccc2NC(=O)CSc2nc3ncccn3n2)cc1. The van der Waals surface area contributed by atoms with Crippen LogP contribution in [0, 0.1) is 6.92 Å². The van der Waals surface area contributed by atoms with Crippen molar-refractivity contribution >= 4 is 35.0 Å². The second-order valence-electron chi connectivity index (χ2n) is 6.81. The summed E-state index contributed by atoms with van der Waals surface area (Å²) in [5, 5.41) is 10.4. The molecule has 0 aliphatic heterocycles. The van der Waals surface area contributed by atoms with Gasteiger partial charge >= 0.3 is 0 Å². The molecule has 2 aromatic heterocycles. The van der Waals surface area contributed by atoms with E-state index in [0.717, 1.165) is 11.1 Å². The van der Waals surface area contributed by atoms with Crippen molar-refractivity contribution in [1.82, 2.24) is 24.9 Å². The van der Waals surface area contributed by atoms with Crippen molar-refractivity contribution in [2.24, 2.45) is 0 Å². The van der Waals surface area contributed by atoms with E-state index in [9.17, 15) is 9.59 Å². The average molecular weight is 433 g/mol. The van der Waals surface area contributed by atoms with Gasteiger partial charge in [0.2, 0.25) is 11.1 Å². The van der Waals surface area contributed by atoms with E-state index in [4.69, 9.17) is 0 Å². The largest absolute Gasteiger partial charge is 0.348 e. The van der Waals surface area contributed by atoms with Gasteiger partial charge in [-0.2, -0.15) is 4.98 Å². The molecule has 0 bridgehead atoms. The second-order valence-corrected chi connectivity index (χ2v) is 7.75. The van der Waals surface area contributed by atoms with Crippen molar-refractivity contribution in [2.45, 2.75) is 18.6 Å². The predicted molar refractivity (Wildman–Crippen MR) is 119 cm³/mol. The summed E-state index contributed by atoms with van der Waals surface area (Å²) in [6.07, 6.45) is 3.37. The zero-order valence-corrected chi connectivity index (χ0v) is 17.6. The van der Waals surface area contributed by atoms with Gasteiger partial charge < -0.3 is 10.6 Å². The molecule has 2 heterocycles. The minimum Gasteiger partial charge on any atom is -0.348 e. The highest BCUT2D eigenvalue weighted by Crippen LogP contribution is 2.18. The van der Waals surface area contributed by atoms with Crippen molar-refractivity contribution in [2.75, 3.05) is 11.1 Å². The van der Waals surface area contributed by atoms with Crippen LogP contribution in [0.5, 0.6) is 0 Å². The molecule has 0 fully saturated rings. The van der Waals surface area contributed by atoms with E-state index < -0.39 is 0 Å². The Morgan fingerprint density at radius 2 is 1.87 bits per heavy atom. The molecule has 2 amide bonds. The van der Waals surface area contributed by atoms with Crippen LogP contribution < -0.4 is 10.6 Å². The van der Waals surface area contributed by atoms with E-state index in [0.29, 0.717) is 28.7 Å². The van der Waals surface area contributed by atoms with Crippen molar-refractivity contribution < 1.29 is 9.59 Å².